The van der Waals surface area contributed by atoms with Crippen LogP contribution in [0, 0.1) is 11.7 Å². The normalized spacial score (nSPS) is 21.4. The topological polar surface area (TPSA) is 41.9 Å². The van der Waals surface area contributed by atoms with Gasteiger partial charge in [0.15, 0.2) is 6.10 Å². The number of nitrogens with zero attached hydrogens (tertiary/aromatic N) is 2. The highest BCUT2D eigenvalue weighted by molar-refractivity contribution is 6.01. The molecule has 21 heavy (non-hydrogen) atoms. The van der Waals surface area contributed by atoms with Crippen LogP contribution in [0.2, 0.25) is 0 Å². The Morgan fingerprint density at radius 2 is 2.29 bits per heavy atom. The van der Waals surface area contributed by atoms with Gasteiger partial charge in [0.25, 0.3) is 0 Å². The molecule has 0 saturated heterocycles. The minimum absolute atomic E-state index is 0.141. The SMILES string of the molecule is CN(C[C@@H]1CC(c2cccc(F)c2)=NO1)C(=O)C1CCC1. The van der Waals surface area contributed by atoms with Crippen LogP contribution in [0.1, 0.15) is 31.2 Å². The van der Waals surface area contributed by atoms with Crippen molar-refractivity contribution in [2.24, 2.45) is 11.1 Å². The fourth-order valence-corrected chi connectivity index (χ4v) is 2.73. The molecule has 1 aromatic rings. The van der Waals surface area contributed by atoms with Crippen molar-refractivity contribution in [3.8, 4) is 0 Å². The van der Waals surface area contributed by atoms with Gasteiger partial charge in [-0.2, -0.15) is 0 Å². The van der Waals surface area contributed by atoms with E-state index in [-0.39, 0.29) is 23.7 Å². The van der Waals surface area contributed by atoms with Gasteiger partial charge in [0, 0.05) is 24.9 Å². The average Bonchev–Trinajstić information content (AvgIpc) is 2.85. The third kappa shape index (κ3) is 3.06. The zero-order chi connectivity index (χ0) is 14.8. The number of rotatable bonds is 4. The Bertz CT molecular complexity index is 569. The van der Waals surface area contributed by atoms with E-state index < -0.39 is 0 Å². The molecule has 112 valence electrons. The summed E-state index contributed by atoms with van der Waals surface area (Å²) in [6.07, 6.45) is 3.61. The number of benzene rings is 1. The number of amides is 1. The summed E-state index contributed by atoms with van der Waals surface area (Å²) in [5.41, 5.74) is 1.48. The molecule has 5 heteroatoms. The molecular weight excluding hydrogens is 271 g/mol. The van der Waals surface area contributed by atoms with Crippen LogP contribution < -0.4 is 0 Å². The van der Waals surface area contributed by atoms with E-state index in [4.69, 9.17) is 4.84 Å². The summed E-state index contributed by atoms with van der Waals surface area (Å²) in [4.78, 5) is 19.2. The lowest BCUT2D eigenvalue weighted by atomic mass is 9.84. The van der Waals surface area contributed by atoms with E-state index in [1.54, 1.807) is 11.0 Å². The van der Waals surface area contributed by atoms with Gasteiger partial charge in [-0.05, 0) is 25.0 Å². The zero-order valence-corrected chi connectivity index (χ0v) is 12.1. The number of hydrogen-bond acceptors (Lipinski definition) is 3. The summed E-state index contributed by atoms with van der Waals surface area (Å²) >= 11 is 0. The number of likely N-dealkylation sites (N-methyl/N-ethyl adjacent to an activating group) is 1. The second kappa shape index (κ2) is 5.84. The third-order valence-corrected chi connectivity index (χ3v) is 4.20. The summed E-state index contributed by atoms with van der Waals surface area (Å²) in [6, 6.07) is 6.33. The Kier molecular flexibility index (Phi) is 3.90. The van der Waals surface area contributed by atoms with Crippen LogP contribution in [0.15, 0.2) is 29.4 Å². The van der Waals surface area contributed by atoms with Crippen molar-refractivity contribution < 1.29 is 14.0 Å². The molecule has 1 aliphatic carbocycles. The fourth-order valence-electron chi connectivity index (χ4n) is 2.73. The van der Waals surface area contributed by atoms with Crippen LogP contribution >= 0.6 is 0 Å². The smallest absolute Gasteiger partial charge is 0.225 e. The Balaban J connectivity index is 1.55. The van der Waals surface area contributed by atoms with Gasteiger partial charge in [-0.3, -0.25) is 4.79 Å². The predicted molar refractivity (Wildman–Crippen MR) is 77.4 cm³/mol. The quantitative estimate of drug-likeness (QED) is 0.855. The minimum atomic E-state index is -0.282. The highest BCUT2D eigenvalue weighted by atomic mass is 19.1. The summed E-state index contributed by atoms with van der Waals surface area (Å²) in [5.74, 6) is 0.111. The lowest BCUT2D eigenvalue weighted by molar-refractivity contribution is -0.138. The van der Waals surface area contributed by atoms with E-state index >= 15 is 0 Å². The van der Waals surface area contributed by atoms with Gasteiger partial charge in [0.2, 0.25) is 5.91 Å². The number of carbonyl (C=O) groups excluding carboxylic acids is 1. The van der Waals surface area contributed by atoms with E-state index in [2.05, 4.69) is 5.16 Å². The van der Waals surface area contributed by atoms with Gasteiger partial charge in [-0.25, -0.2) is 4.39 Å². The van der Waals surface area contributed by atoms with Crippen molar-refractivity contribution in [3.63, 3.8) is 0 Å². The third-order valence-electron chi connectivity index (χ3n) is 4.20. The second-order valence-electron chi connectivity index (χ2n) is 5.83. The molecular formula is C16H19FN2O2. The largest absolute Gasteiger partial charge is 0.390 e. The van der Waals surface area contributed by atoms with Gasteiger partial charge in [0.05, 0.1) is 12.3 Å². The van der Waals surface area contributed by atoms with Gasteiger partial charge < -0.3 is 9.74 Å². The summed E-state index contributed by atoms with van der Waals surface area (Å²) in [5, 5.41) is 4.03. The van der Waals surface area contributed by atoms with Crippen LogP contribution in [0.4, 0.5) is 4.39 Å². The molecule has 0 radical (unpaired) electrons. The highest BCUT2D eigenvalue weighted by Crippen LogP contribution is 2.28. The lowest BCUT2D eigenvalue weighted by Crippen LogP contribution is -2.40. The highest BCUT2D eigenvalue weighted by Gasteiger charge is 2.31. The number of hydrogen-bond donors (Lipinski definition) is 0. The van der Waals surface area contributed by atoms with Gasteiger partial charge >= 0.3 is 0 Å². The molecule has 1 aliphatic heterocycles. The molecule has 0 spiro atoms. The van der Waals surface area contributed by atoms with Crippen LogP contribution in [-0.2, 0) is 9.63 Å². The standard InChI is InChI=1S/C16H19FN2O2/c1-19(16(20)11-4-2-5-11)10-14-9-15(18-21-14)12-6-3-7-13(17)8-12/h3,6-8,11,14H,2,4-5,9-10H2,1H3/t14-/m0/s1. The first-order chi connectivity index (χ1) is 10.1. The molecule has 0 unspecified atom stereocenters. The van der Waals surface area contributed by atoms with E-state index in [1.807, 2.05) is 13.1 Å². The van der Waals surface area contributed by atoms with Crippen molar-refractivity contribution in [2.45, 2.75) is 31.8 Å². The summed E-state index contributed by atoms with van der Waals surface area (Å²) in [7, 11) is 1.81. The maximum atomic E-state index is 13.2. The monoisotopic (exact) mass is 290 g/mol. The Morgan fingerprint density at radius 1 is 1.48 bits per heavy atom. The maximum Gasteiger partial charge on any atom is 0.225 e. The first-order valence-electron chi connectivity index (χ1n) is 7.37. The minimum Gasteiger partial charge on any atom is -0.390 e. The molecule has 3 rings (SSSR count). The Labute approximate surface area is 123 Å². The molecule has 1 amide bonds. The lowest BCUT2D eigenvalue weighted by Gasteiger charge is -2.30. The zero-order valence-electron chi connectivity index (χ0n) is 12.1. The van der Waals surface area contributed by atoms with Crippen LogP contribution in [0.25, 0.3) is 0 Å². The van der Waals surface area contributed by atoms with Crippen molar-refractivity contribution in [1.82, 2.24) is 4.90 Å². The van der Waals surface area contributed by atoms with E-state index in [9.17, 15) is 9.18 Å². The number of carbonyl (C=O) groups is 1. The molecule has 1 atom stereocenters. The number of halogens is 1. The molecule has 1 aromatic carbocycles. The van der Waals surface area contributed by atoms with Crippen molar-refractivity contribution >= 4 is 11.6 Å². The van der Waals surface area contributed by atoms with Crippen LogP contribution in [-0.4, -0.2) is 36.2 Å². The van der Waals surface area contributed by atoms with Crippen LogP contribution in [0.3, 0.4) is 0 Å². The predicted octanol–water partition coefficient (Wildman–Crippen LogP) is 2.58. The molecule has 4 nitrogen and oxygen atoms in total. The molecule has 1 saturated carbocycles. The summed E-state index contributed by atoms with van der Waals surface area (Å²) < 4.78 is 13.2. The van der Waals surface area contributed by atoms with Crippen molar-refractivity contribution in [2.75, 3.05) is 13.6 Å². The summed E-state index contributed by atoms with van der Waals surface area (Å²) in [6.45, 7) is 0.525. The average molecular weight is 290 g/mol. The van der Waals surface area contributed by atoms with E-state index in [1.165, 1.54) is 12.1 Å². The molecule has 0 bridgehead atoms. The Hall–Kier alpha value is -1.91. The molecule has 0 N–H and O–H groups in total. The Morgan fingerprint density at radius 3 is 2.95 bits per heavy atom. The number of oxime groups is 1. The van der Waals surface area contributed by atoms with Gasteiger partial charge in [-0.15, -0.1) is 0 Å². The molecule has 1 fully saturated rings. The molecule has 0 aromatic heterocycles. The van der Waals surface area contributed by atoms with Gasteiger partial charge in [-0.1, -0.05) is 23.7 Å². The van der Waals surface area contributed by atoms with Crippen LogP contribution in [0.5, 0.6) is 0 Å². The first-order valence-corrected chi connectivity index (χ1v) is 7.37. The molecule has 1 heterocycles. The maximum absolute atomic E-state index is 13.2. The fraction of sp³-hybridized carbons (Fsp3) is 0.500. The first kappa shape index (κ1) is 14.0. The second-order valence-corrected chi connectivity index (χ2v) is 5.83. The van der Waals surface area contributed by atoms with E-state index in [0.29, 0.717) is 13.0 Å². The van der Waals surface area contributed by atoms with Crippen molar-refractivity contribution in [3.05, 3.63) is 35.6 Å². The van der Waals surface area contributed by atoms with Crippen molar-refractivity contribution in [1.29, 1.82) is 0 Å². The van der Waals surface area contributed by atoms with E-state index in [0.717, 1.165) is 30.5 Å². The van der Waals surface area contributed by atoms with Gasteiger partial charge in [0.1, 0.15) is 5.82 Å². The molecule has 2 aliphatic rings.